The van der Waals surface area contributed by atoms with E-state index in [0.717, 1.165) is 16.9 Å². The molecule has 4 heteroatoms. The lowest BCUT2D eigenvalue weighted by Crippen LogP contribution is -1.99. The van der Waals surface area contributed by atoms with Gasteiger partial charge in [-0.15, -0.1) is 0 Å². The summed E-state index contributed by atoms with van der Waals surface area (Å²) < 4.78 is 2.58. The first-order chi connectivity index (χ1) is 7.63. The number of aromatic nitrogens is 2. The van der Waals surface area contributed by atoms with E-state index in [0.29, 0.717) is 10.3 Å². The monoisotopic (exact) mass is 229 g/mol. The average Bonchev–Trinajstić information content (AvgIpc) is 2.60. The maximum absolute atomic E-state index is 8.90. The molecule has 80 valence electrons. The van der Waals surface area contributed by atoms with Crippen LogP contribution < -0.4 is 0 Å². The quantitative estimate of drug-likeness (QED) is 0.764. The summed E-state index contributed by atoms with van der Waals surface area (Å²) in [5.74, 6) is 0. The first-order valence-corrected chi connectivity index (χ1v) is 5.32. The minimum Gasteiger partial charge on any atom is -0.337 e. The molecule has 0 aliphatic heterocycles. The highest BCUT2D eigenvalue weighted by molar-refractivity contribution is 7.71. The van der Waals surface area contributed by atoms with Crippen LogP contribution in [0.5, 0.6) is 0 Å². The van der Waals surface area contributed by atoms with Crippen molar-refractivity contribution in [3.05, 3.63) is 46.0 Å². The Kier molecular flexibility index (Phi) is 2.63. The van der Waals surface area contributed by atoms with Crippen LogP contribution in [0.4, 0.5) is 0 Å². The van der Waals surface area contributed by atoms with Gasteiger partial charge in [0.15, 0.2) is 4.77 Å². The second kappa shape index (κ2) is 3.95. The number of aromatic amines is 1. The van der Waals surface area contributed by atoms with Crippen molar-refractivity contribution in [3.8, 4) is 11.8 Å². The fourth-order valence-corrected chi connectivity index (χ4v) is 1.98. The van der Waals surface area contributed by atoms with E-state index in [9.17, 15) is 0 Å². The number of hydrogen-bond donors (Lipinski definition) is 1. The zero-order chi connectivity index (χ0) is 11.7. The predicted octanol–water partition coefficient (Wildman–Crippen LogP) is 3.02. The molecule has 0 saturated heterocycles. The molecule has 1 N–H and O–H groups in total. The van der Waals surface area contributed by atoms with Crippen molar-refractivity contribution in [2.75, 3.05) is 0 Å². The van der Waals surface area contributed by atoms with E-state index in [-0.39, 0.29) is 0 Å². The van der Waals surface area contributed by atoms with E-state index in [1.807, 2.05) is 42.8 Å². The lowest BCUT2D eigenvalue weighted by Gasteiger charge is -2.09. The van der Waals surface area contributed by atoms with Gasteiger partial charge in [0.05, 0.1) is 17.3 Å². The zero-order valence-electron chi connectivity index (χ0n) is 9.11. The third-order valence-electron chi connectivity index (χ3n) is 2.54. The molecule has 1 aromatic carbocycles. The lowest BCUT2D eigenvalue weighted by atomic mass is 10.1. The number of imidazole rings is 1. The molecule has 1 heterocycles. The van der Waals surface area contributed by atoms with E-state index < -0.39 is 0 Å². The van der Waals surface area contributed by atoms with Crippen LogP contribution in [-0.4, -0.2) is 9.55 Å². The Labute approximate surface area is 99.0 Å². The van der Waals surface area contributed by atoms with Crippen LogP contribution >= 0.6 is 12.2 Å². The number of hydrogen-bond acceptors (Lipinski definition) is 2. The van der Waals surface area contributed by atoms with Gasteiger partial charge in [0.25, 0.3) is 0 Å². The first kappa shape index (κ1) is 10.7. The molecule has 0 aliphatic rings. The van der Waals surface area contributed by atoms with Gasteiger partial charge in [-0.3, -0.25) is 4.57 Å². The summed E-state index contributed by atoms with van der Waals surface area (Å²) in [4.78, 5) is 2.99. The fourth-order valence-electron chi connectivity index (χ4n) is 1.67. The zero-order valence-corrected chi connectivity index (χ0v) is 9.93. The summed E-state index contributed by atoms with van der Waals surface area (Å²) in [6.07, 6.45) is 1.86. The number of benzene rings is 1. The van der Waals surface area contributed by atoms with E-state index >= 15 is 0 Å². The normalized spacial score (nSPS) is 10.1. The maximum Gasteiger partial charge on any atom is 0.182 e. The van der Waals surface area contributed by atoms with E-state index in [2.05, 4.69) is 11.1 Å². The Morgan fingerprint density at radius 3 is 2.69 bits per heavy atom. The molecule has 0 saturated carbocycles. The Morgan fingerprint density at radius 1 is 1.38 bits per heavy atom. The van der Waals surface area contributed by atoms with E-state index in [1.165, 1.54) is 0 Å². The van der Waals surface area contributed by atoms with Crippen LogP contribution in [0.3, 0.4) is 0 Å². The molecule has 3 nitrogen and oxygen atoms in total. The van der Waals surface area contributed by atoms with E-state index in [1.54, 1.807) is 0 Å². The average molecular weight is 229 g/mol. The number of nitrogens with one attached hydrogen (secondary N) is 1. The van der Waals surface area contributed by atoms with Gasteiger partial charge in [0, 0.05) is 11.9 Å². The summed E-state index contributed by atoms with van der Waals surface area (Å²) in [7, 11) is 0. The Bertz CT molecular complexity index is 628. The lowest BCUT2D eigenvalue weighted by molar-refractivity contribution is 0.972. The molecule has 2 rings (SSSR count). The highest BCUT2D eigenvalue weighted by Crippen LogP contribution is 2.18. The number of nitrogens with zero attached hydrogens (tertiary/aromatic N) is 2. The summed E-state index contributed by atoms with van der Waals surface area (Å²) in [5.41, 5.74) is 3.73. The molecule has 0 aliphatic carbocycles. The number of nitriles is 1. The van der Waals surface area contributed by atoms with Crippen molar-refractivity contribution in [1.29, 1.82) is 5.26 Å². The van der Waals surface area contributed by atoms with Crippen molar-refractivity contribution >= 4 is 12.2 Å². The molecule has 0 fully saturated rings. The van der Waals surface area contributed by atoms with Gasteiger partial charge in [-0.1, -0.05) is 6.07 Å². The van der Waals surface area contributed by atoms with E-state index in [4.69, 9.17) is 17.5 Å². The molecule has 1 aromatic heterocycles. The standard InChI is InChI=1S/C12H11N3S/c1-8-3-4-10(6-13)5-11(8)15-9(2)7-14-12(15)16/h3-5,7H,1-2H3,(H,14,16). The summed E-state index contributed by atoms with van der Waals surface area (Å²) in [6, 6.07) is 7.73. The first-order valence-electron chi connectivity index (χ1n) is 4.91. The summed E-state index contributed by atoms with van der Waals surface area (Å²) in [5, 5.41) is 8.90. The number of H-pyrrole nitrogens is 1. The van der Waals surface area contributed by atoms with Crippen molar-refractivity contribution in [2.45, 2.75) is 13.8 Å². The number of aryl methyl sites for hydroxylation is 2. The molecule has 2 aromatic rings. The molecule has 0 amide bonds. The highest BCUT2D eigenvalue weighted by atomic mass is 32.1. The molecule has 16 heavy (non-hydrogen) atoms. The molecule has 0 spiro atoms. The van der Waals surface area contributed by atoms with Gasteiger partial charge < -0.3 is 4.98 Å². The van der Waals surface area contributed by atoms with Crippen LogP contribution in [0.2, 0.25) is 0 Å². The third-order valence-corrected chi connectivity index (χ3v) is 2.84. The second-order valence-electron chi connectivity index (χ2n) is 3.68. The van der Waals surface area contributed by atoms with Crippen LogP contribution in [0.1, 0.15) is 16.8 Å². The highest BCUT2D eigenvalue weighted by Gasteiger charge is 2.06. The van der Waals surface area contributed by atoms with Crippen LogP contribution in [-0.2, 0) is 0 Å². The van der Waals surface area contributed by atoms with Crippen LogP contribution in [0.25, 0.3) is 5.69 Å². The van der Waals surface area contributed by atoms with Gasteiger partial charge >= 0.3 is 0 Å². The summed E-state index contributed by atoms with van der Waals surface area (Å²) in [6.45, 7) is 3.98. The molecular weight excluding hydrogens is 218 g/mol. The Balaban J connectivity index is 2.74. The van der Waals surface area contributed by atoms with Gasteiger partial charge in [-0.25, -0.2) is 0 Å². The molecule has 0 unspecified atom stereocenters. The van der Waals surface area contributed by atoms with Gasteiger partial charge in [0.1, 0.15) is 0 Å². The Morgan fingerprint density at radius 2 is 2.12 bits per heavy atom. The fraction of sp³-hybridized carbons (Fsp3) is 0.167. The van der Waals surface area contributed by atoms with Crippen molar-refractivity contribution < 1.29 is 0 Å². The van der Waals surface area contributed by atoms with Crippen molar-refractivity contribution in [2.24, 2.45) is 0 Å². The largest absolute Gasteiger partial charge is 0.337 e. The molecular formula is C12H11N3S. The molecule has 0 radical (unpaired) electrons. The SMILES string of the molecule is Cc1ccc(C#N)cc1-n1c(C)c[nH]c1=S. The second-order valence-corrected chi connectivity index (χ2v) is 4.07. The van der Waals surface area contributed by atoms with Crippen molar-refractivity contribution in [3.63, 3.8) is 0 Å². The van der Waals surface area contributed by atoms with Gasteiger partial charge in [-0.2, -0.15) is 5.26 Å². The minimum absolute atomic E-state index is 0.642. The topological polar surface area (TPSA) is 44.5 Å². The van der Waals surface area contributed by atoms with Crippen molar-refractivity contribution in [1.82, 2.24) is 9.55 Å². The van der Waals surface area contributed by atoms with Gasteiger partial charge in [-0.05, 0) is 43.8 Å². The molecule has 0 atom stereocenters. The molecule has 0 bridgehead atoms. The number of rotatable bonds is 1. The van der Waals surface area contributed by atoms with Crippen LogP contribution in [0, 0.1) is 29.9 Å². The minimum atomic E-state index is 0.642. The van der Waals surface area contributed by atoms with Crippen LogP contribution in [0.15, 0.2) is 24.4 Å². The van der Waals surface area contributed by atoms with Gasteiger partial charge in [0.2, 0.25) is 0 Å². The summed E-state index contributed by atoms with van der Waals surface area (Å²) >= 11 is 5.22. The maximum atomic E-state index is 8.90. The Hall–Kier alpha value is -1.86. The third kappa shape index (κ3) is 1.66. The smallest absolute Gasteiger partial charge is 0.182 e. The predicted molar refractivity (Wildman–Crippen MR) is 65.1 cm³/mol.